The fraction of sp³-hybridized carbons (Fsp3) is 0.500. The molecule has 2 aliphatic heterocycles. The van der Waals surface area contributed by atoms with Crippen LogP contribution in [-0.4, -0.2) is 47.2 Å². The Morgan fingerprint density at radius 3 is 2.58 bits per heavy atom. The number of amides is 2. The van der Waals surface area contributed by atoms with Gasteiger partial charge in [0.15, 0.2) is 11.6 Å². The minimum Gasteiger partial charge on any atom is -0.505 e. The highest BCUT2D eigenvalue weighted by Gasteiger charge is 2.58. The summed E-state index contributed by atoms with van der Waals surface area (Å²) in [6.07, 6.45) is 10.8. The van der Waals surface area contributed by atoms with Crippen LogP contribution in [0.4, 0.5) is 4.39 Å². The molecule has 6 nitrogen and oxygen atoms in total. The third kappa shape index (κ3) is 6.14. The number of fused-ring (bicyclic) bond motifs is 3. The highest BCUT2D eigenvalue weighted by Crippen LogP contribution is 2.51. The van der Waals surface area contributed by atoms with Crippen LogP contribution in [0.2, 0.25) is 0 Å². The Morgan fingerprint density at radius 2 is 1.84 bits per heavy atom. The number of benzene rings is 2. The number of ether oxygens (including phenoxy) is 2. The highest BCUT2D eigenvalue weighted by atomic mass is 19.1. The van der Waals surface area contributed by atoms with E-state index in [9.17, 15) is 19.1 Å². The van der Waals surface area contributed by atoms with Crippen molar-refractivity contribution >= 4 is 17.9 Å². The van der Waals surface area contributed by atoms with Crippen LogP contribution in [0.15, 0.2) is 65.3 Å². The van der Waals surface area contributed by atoms with E-state index in [1.165, 1.54) is 24.1 Å². The molecule has 1 N–H and O–H groups in total. The van der Waals surface area contributed by atoms with Gasteiger partial charge in [0.05, 0.1) is 24.5 Å². The Labute approximate surface area is 253 Å². The lowest BCUT2D eigenvalue weighted by atomic mass is 9.69. The summed E-state index contributed by atoms with van der Waals surface area (Å²) >= 11 is 0. The van der Waals surface area contributed by atoms with Crippen LogP contribution in [0.5, 0.6) is 11.5 Å². The smallest absolute Gasteiger partial charge is 0.234 e. The van der Waals surface area contributed by atoms with Crippen molar-refractivity contribution in [2.75, 3.05) is 13.2 Å². The van der Waals surface area contributed by atoms with E-state index in [0.717, 1.165) is 73.8 Å². The molecule has 0 aromatic heterocycles. The van der Waals surface area contributed by atoms with E-state index in [1.807, 2.05) is 36.4 Å². The summed E-state index contributed by atoms with van der Waals surface area (Å²) in [4.78, 5) is 29.4. The fourth-order valence-electron chi connectivity index (χ4n) is 7.77. The molecule has 6 rings (SSSR count). The van der Waals surface area contributed by atoms with Crippen molar-refractivity contribution in [2.45, 2.75) is 83.3 Å². The normalized spacial score (nSPS) is 26.2. The monoisotopic (exact) mass is 587 g/mol. The van der Waals surface area contributed by atoms with E-state index in [-0.39, 0.29) is 47.5 Å². The molecule has 0 unspecified atom stereocenters. The molecule has 4 atom stereocenters. The van der Waals surface area contributed by atoms with Crippen molar-refractivity contribution in [1.82, 2.24) is 4.90 Å². The van der Waals surface area contributed by atoms with E-state index < -0.39 is 5.82 Å². The zero-order valence-electron chi connectivity index (χ0n) is 25.0. The molecule has 0 radical (unpaired) electrons. The first-order valence-corrected chi connectivity index (χ1v) is 16.0. The van der Waals surface area contributed by atoms with Crippen molar-refractivity contribution in [3.63, 3.8) is 0 Å². The van der Waals surface area contributed by atoms with E-state index in [1.54, 1.807) is 11.0 Å². The third-order valence-corrected chi connectivity index (χ3v) is 9.78. The number of likely N-dealkylation sites (tertiary alicyclic amines) is 1. The summed E-state index contributed by atoms with van der Waals surface area (Å²) in [6.45, 7) is 2.93. The summed E-state index contributed by atoms with van der Waals surface area (Å²) < 4.78 is 26.7. The minimum atomic E-state index is -0.630. The van der Waals surface area contributed by atoms with Crippen LogP contribution >= 0.6 is 0 Å². The molecule has 1 saturated carbocycles. The molecule has 2 amide bonds. The highest BCUT2D eigenvalue weighted by molar-refractivity contribution is 6.06. The van der Waals surface area contributed by atoms with Crippen LogP contribution in [0.3, 0.4) is 0 Å². The Bertz CT molecular complexity index is 1400. The molecule has 2 saturated heterocycles. The standard InChI is InChI=1S/C36H42FNO5/c1-2-9-23(18-24-14-16-31(39)30(37)19-24)15-17-32-33-25(21-42-27-12-7-4-8-13-27)20-28-34(29(33)22-43-32)36(41)38(35(28)40)26-10-5-3-6-11-26/h4,7-8,12-14,16,18-19,26,28-29,32,34,39H,2-3,5-6,9-11,15,17,20-22H2,1H3/b23-18+/t28-,29+,32-,34-/m1/s1. The van der Waals surface area contributed by atoms with Crippen molar-refractivity contribution < 1.29 is 28.6 Å². The molecule has 0 bridgehead atoms. The molecular formula is C36H42FNO5. The number of hydrogen-bond donors (Lipinski definition) is 1. The van der Waals surface area contributed by atoms with E-state index >= 15 is 0 Å². The van der Waals surface area contributed by atoms with Crippen LogP contribution < -0.4 is 4.74 Å². The van der Waals surface area contributed by atoms with Gasteiger partial charge in [-0.15, -0.1) is 0 Å². The Morgan fingerprint density at radius 1 is 1.05 bits per heavy atom. The number of phenols is 1. The second-order valence-corrected chi connectivity index (χ2v) is 12.6. The molecule has 2 aliphatic carbocycles. The molecule has 2 aromatic carbocycles. The zero-order valence-corrected chi connectivity index (χ0v) is 25.0. The first-order valence-electron chi connectivity index (χ1n) is 16.0. The zero-order chi connectivity index (χ0) is 29.9. The molecule has 228 valence electrons. The molecule has 3 fully saturated rings. The van der Waals surface area contributed by atoms with E-state index in [4.69, 9.17) is 9.47 Å². The van der Waals surface area contributed by atoms with Crippen LogP contribution in [0.25, 0.3) is 6.08 Å². The number of carbonyl (C=O) groups is 2. The fourth-order valence-corrected chi connectivity index (χ4v) is 7.77. The molecular weight excluding hydrogens is 545 g/mol. The molecule has 0 spiro atoms. The van der Waals surface area contributed by atoms with Crippen LogP contribution in [0, 0.1) is 23.6 Å². The molecule has 43 heavy (non-hydrogen) atoms. The number of imide groups is 1. The van der Waals surface area contributed by atoms with Gasteiger partial charge in [-0.05, 0) is 79.5 Å². The number of halogens is 1. The summed E-state index contributed by atoms with van der Waals surface area (Å²) in [5.74, 6) is -1.04. The maximum absolute atomic E-state index is 14.0. The predicted molar refractivity (Wildman–Crippen MR) is 163 cm³/mol. The average Bonchev–Trinajstić information content (AvgIpc) is 3.55. The average molecular weight is 588 g/mol. The second kappa shape index (κ2) is 13.0. The van der Waals surface area contributed by atoms with Gasteiger partial charge in [-0.3, -0.25) is 14.5 Å². The quantitative estimate of drug-likeness (QED) is 0.235. The number of rotatable bonds is 10. The topological polar surface area (TPSA) is 76.1 Å². The molecule has 4 aliphatic rings. The number of aromatic hydroxyl groups is 1. The van der Waals surface area contributed by atoms with Gasteiger partial charge in [-0.2, -0.15) is 0 Å². The number of nitrogens with zero attached hydrogens (tertiary/aromatic N) is 1. The van der Waals surface area contributed by atoms with Crippen molar-refractivity contribution in [3.05, 3.63) is 76.6 Å². The molecule has 2 aromatic rings. The van der Waals surface area contributed by atoms with Crippen LogP contribution in [0.1, 0.15) is 76.7 Å². The maximum Gasteiger partial charge on any atom is 0.234 e. The van der Waals surface area contributed by atoms with Gasteiger partial charge in [0.2, 0.25) is 11.8 Å². The van der Waals surface area contributed by atoms with E-state index in [2.05, 4.69) is 6.92 Å². The van der Waals surface area contributed by atoms with E-state index in [0.29, 0.717) is 19.6 Å². The first-order chi connectivity index (χ1) is 20.9. The van der Waals surface area contributed by atoms with Gasteiger partial charge in [0.1, 0.15) is 12.4 Å². The lowest BCUT2D eigenvalue weighted by molar-refractivity contribution is -0.143. The summed E-state index contributed by atoms with van der Waals surface area (Å²) in [5.41, 5.74) is 4.14. The number of carbonyl (C=O) groups excluding carboxylic acids is 2. The number of phenolic OH excluding ortho intramolecular Hbond substituents is 1. The van der Waals surface area contributed by atoms with Crippen molar-refractivity contribution in [2.24, 2.45) is 17.8 Å². The Balaban J connectivity index is 1.26. The van der Waals surface area contributed by atoms with Crippen LogP contribution in [-0.2, 0) is 14.3 Å². The minimum absolute atomic E-state index is 0.00222. The molecule has 7 heteroatoms. The van der Waals surface area contributed by atoms with Gasteiger partial charge in [0, 0.05) is 12.0 Å². The van der Waals surface area contributed by atoms with Crippen molar-refractivity contribution in [3.8, 4) is 11.5 Å². The Hall–Kier alpha value is -3.45. The van der Waals surface area contributed by atoms with Gasteiger partial charge < -0.3 is 14.6 Å². The third-order valence-electron chi connectivity index (χ3n) is 9.78. The summed E-state index contributed by atoms with van der Waals surface area (Å²) in [7, 11) is 0. The lowest BCUT2D eigenvalue weighted by Crippen LogP contribution is -2.42. The number of allylic oxidation sites excluding steroid dienone is 1. The number of para-hydroxylation sites is 1. The Kier molecular flexibility index (Phi) is 8.98. The summed E-state index contributed by atoms with van der Waals surface area (Å²) in [6, 6.07) is 14.2. The number of hydrogen-bond acceptors (Lipinski definition) is 5. The maximum atomic E-state index is 14.0. The largest absolute Gasteiger partial charge is 0.505 e. The SMILES string of the molecule is CCC/C(=C\c1ccc(O)c(F)c1)CC[C@H]1OC[C@H]2C1=C(COc1ccccc1)C[C@H]1C(=O)N(C3CCCCC3)C(=O)[C@H]12. The van der Waals surface area contributed by atoms with Gasteiger partial charge in [-0.1, -0.05) is 68.5 Å². The summed E-state index contributed by atoms with van der Waals surface area (Å²) in [5, 5.41) is 9.59. The lowest BCUT2D eigenvalue weighted by Gasteiger charge is -2.32. The van der Waals surface area contributed by atoms with Crippen molar-refractivity contribution in [1.29, 1.82) is 0 Å². The van der Waals surface area contributed by atoms with Gasteiger partial charge in [-0.25, -0.2) is 4.39 Å². The van der Waals surface area contributed by atoms with Gasteiger partial charge >= 0.3 is 0 Å². The predicted octanol–water partition coefficient (Wildman–Crippen LogP) is 7.22. The van der Waals surface area contributed by atoms with Gasteiger partial charge in [0.25, 0.3) is 0 Å². The first kappa shape index (κ1) is 29.6. The molecule has 2 heterocycles. The second-order valence-electron chi connectivity index (χ2n) is 12.6.